The molecule has 1 aliphatic heterocycles. The van der Waals surface area contributed by atoms with Gasteiger partial charge in [-0.1, -0.05) is 18.2 Å². The Morgan fingerprint density at radius 3 is 2.64 bits per heavy atom. The first-order chi connectivity index (χ1) is 12.2. The molecule has 0 saturated carbocycles. The van der Waals surface area contributed by atoms with E-state index in [-0.39, 0.29) is 17.1 Å². The molecule has 3 nitrogen and oxygen atoms in total. The van der Waals surface area contributed by atoms with Gasteiger partial charge in [-0.2, -0.15) is 0 Å². The van der Waals surface area contributed by atoms with Crippen LogP contribution in [0.2, 0.25) is 0 Å². The Labute approximate surface area is 152 Å². The third kappa shape index (κ3) is 4.89. The van der Waals surface area contributed by atoms with E-state index in [1.54, 1.807) is 11.3 Å². The second-order valence-electron chi connectivity index (χ2n) is 6.61. The summed E-state index contributed by atoms with van der Waals surface area (Å²) < 4.78 is 18.8. The number of amides is 1. The zero-order valence-corrected chi connectivity index (χ0v) is 15.1. The standard InChI is InChI=1S/C20H24FNO2S/c21-17-8-6-16(7-9-17)20(10-12-24-13-11-20)15-22-19(23)5-1-3-18-4-2-14-25-18/h2,4,6-9,14H,1,3,5,10-13,15H2,(H,22,23). The number of carbonyl (C=O) groups excluding carboxylic acids is 1. The fourth-order valence-electron chi connectivity index (χ4n) is 3.37. The number of hydrogen-bond acceptors (Lipinski definition) is 3. The Hall–Kier alpha value is -1.72. The predicted molar refractivity (Wildman–Crippen MR) is 98.4 cm³/mol. The molecule has 5 heteroatoms. The summed E-state index contributed by atoms with van der Waals surface area (Å²) in [6, 6.07) is 10.8. The van der Waals surface area contributed by atoms with Gasteiger partial charge in [-0.3, -0.25) is 4.79 Å². The first-order valence-electron chi connectivity index (χ1n) is 8.81. The van der Waals surface area contributed by atoms with Crippen molar-refractivity contribution in [2.75, 3.05) is 19.8 Å². The Bertz CT molecular complexity index is 664. The molecule has 0 unspecified atom stereocenters. The first kappa shape index (κ1) is 18.1. The van der Waals surface area contributed by atoms with Crippen LogP contribution in [0.25, 0.3) is 0 Å². The van der Waals surface area contributed by atoms with Gasteiger partial charge >= 0.3 is 0 Å². The Kier molecular flexibility index (Phi) is 6.21. The lowest BCUT2D eigenvalue weighted by atomic mass is 9.74. The highest BCUT2D eigenvalue weighted by Crippen LogP contribution is 2.34. The second-order valence-corrected chi connectivity index (χ2v) is 7.64. The number of halogens is 1. The van der Waals surface area contributed by atoms with Crippen molar-refractivity contribution in [3.8, 4) is 0 Å². The highest BCUT2D eigenvalue weighted by Gasteiger charge is 2.34. The molecule has 1 aromatic heterocycles. The molecule has 0 spiro atoms. The number of hydrogen-bond donors (Lipinski definition) is 1. The van der Waals surface area contributed by atoms with Crippen molar-refractivity contribution >= 4 is 17.2 Å². The van der Waals surface area contributed by atoms with E-state index in [2.05, 4.69) is 16.8 Å². The van der Waals surface area contributed by atoms with Gasteiger partial charge in [-0.15, -0.1) is 11.3 Å². The molecule has 0 radical (unpaired) electrons. The Morgan fingerprint density at radius 1 is 1.20 bits per heavy atom. The lowest BCUT2D eigenvalue weighted by Gasteiger charge is -2.38. The molecular formula is C20H24FNO2S. The second kappa shape index (κ2) is 8.59. The number of aryl methyl sites for hydroxylation is 1. The highest BCUT2D eigenvalue weighted by molar-refractivity contribution is 7.09. The predicted octanol–water partition coefficient (Wildman–Crippen LogP) is 4.07. The van der Waals surface area contributed by atoms with Crippen molar-refractivity contribution in [2.24, 2.45) is 0 Å². The molecule has 2 heterocycles. The normalized spacial score (nSPS) is 16.5. The summed E-state index contributed by atoms with van der Waals surface area (Å²) in [6.07, 6.45) is 4.02. The fraction of sp³-hybridized carbons (Fsp3) is 0.450. The van der Waals surface area contributed by atoms with Crippen molar-refractivity contribution in [2.45, 2.75) is 37.5 Å². The van der Waals surface area contributed by atoms with E-state index in [1.807, 2.05) is 18.2 Å². The summed E-state index contributed by atoms with van der Waals surface area (Å²) in [4.78, 5) is 13.6. The molecule has 1 aliphatic rings. The van der Waals surface area contributed by atoms with E-state index in [0.717, 1.165) is 31.2 Å². The molecular weight excluding hydrogens is 337 g/mol. The molecule has 1 aromatic carbocycles. The summed E-state index contributed by atoms with van der Waals surface area (Å²) in [7, 11) is 0. The smallest absolute Gasteiger partial charge is 0.220 e. The number of rotatable bonds is 7. The van der Waals surface area contributed by atoms with Gasteiger partial charge < -0.3 is 10.1 Å². The third-order valence-electron chi connectivity index (χ3n) is 4.94. The molecule has 1 N–H and O–H groups in total. The topological polar surface area (TPSA) is 38.3 Å². The summed E-state index contributed by atoms with van der Waals surface area (Å²) >= 11 is 1.73. The third-order valence-corrected chi connectivity index (χ3v) is 5.87. The van der Waals surface area contributed by atoms with Crippen LogP contribution in [0.4, 0.5) is 4.39 Å². The zero-order chi connectivity index (χ0) is 17.5. The minimum Gasteiger partial charge on any atom is -0.381 e. The van der Waals surface area contributed by atoms with E-state index in [9.17, 15) is 9.18 Å². The molecule has 2 aromatic rings. The Morgan fingerprint density at radius 2 is 1.96 bits per heavy atom. The van der Waals surface area contributed by atoms with Crippen molar-refractivity contribution < 1.29 is 13.9 Å². The molecule has 0 atom stereocenters. The average Bonchev–Trinajstić information content (AvgIpc) is 3.15. The number of carbonyl (C=O) groups is 1. The van der Waals surface area contributed by atoms with Crippen LogP contribution in [0.3, 0.4) is 0 Å². The van der Waals surface area contributed by atoms with Crippen molar-refractivity contribution in [3.05, 3.63) is 58.0 Å². The molecule has 134 valence electrons. The highest BCUT2D eigenvalue weighted by atomic mass is 32.1. The minimum atomic E-state index is -0.233. The van der Waals surface area contributed by atoms with Gasteiger partial charge in [0, 0.05) is 36.5 Å². The van der Waals surface area contributed by atoms with Crippen molar-refractivity contribution in [1.29, 1.82) is 0 Å². The molecule has 0 bridgehead atoms. The van der Waals surface area contributed by atoms with Gasteiger partial charge in [0.1, 0.15) is 5.82 Å². The summed E-state index contributed by atoms with van der Waals surface area (Å²) in [5, 5.41) is 5.16. The summed E-state index contributed by atoms with van der Waals surface area (Å²) in [6.45, 7) is 1.93. The molecule has 1 fully saturated rings. The van der Waals surface area contributed by atoms with Crippen molar-refractivity contribution in [3.63, 3.8) is 0 Å². The zero-order valence-electron chi connectivity index (χ0n) is 14.3. The lowest BCUT2D eigenvalue weighted by Crippen LogP contribution is -2.44. The van der Waals surface area contributed by atoms with E-state index in [0.29, 0.717) is 26.2 Å². The van der Waals surface area contributed by atoms with Gasteiger partial charge in [-0.05, 0) is 54.8 Å². The Balaban J connectivity index is 1.55. The van der Waals surface area contributed by atoms with Gasteiger partial charge in [0.05, 0.1) is 0 Å². The maximum absolute atomic E-state index is 13.3. The van der Waals surface area contributed by atoms with Crippen LogP contribution in [0.15, 0.2) is 41.8 Å². The number of benzene rings is 1. The van der Waals surface area contributed by atoms with Crippen LogP contribution in [0, 0.1) is 5.82 Å². The molecule has 25 heavy (non-hydrogen) atoms. The van der Waals surface area contributed by atoms with Crippen LogP contribution in [-0.4, -0.2) is 25.7 Å². The van der Waals surface area contributed by atoms with Crippen LogP contribution < -0.4 is 5.32 Å². The van der Waals surface area contributed by atoms with Gasteiger partial charge in [0.15, 0.2) is 0 Å². The molecule has 3 rings (SSSR count). The molecule has 1 amide bonds. The van der Waals surface area contributed by atoms with E-state index >= 15 is 0 Å². The maximum Gasteiger partial charge on any atom is 0.220 e. The van der Waals surface area contributed by atoms with Crippen molar-refractivity contribution in [1.82, 2.24) is 5.32 Å². The van der Waals surface area contributed by atoms with Crippen LogP contribution in [-0.2, 0) is 21.4 Å². The monoisotopic (exact) mass is 361 g/mol. The quantitative estimate of drug-likeness (QED) is 0.807. The van der Waals surface area contributed by atoms with E-state index in [1.165, 1.54) is 17.0 Å². The van der Waals surface area contributed by atoms with E-state index < -0.39 is 0 Å². The van der Waals surface area contributed by atoms with Crippen LogP contribution >= 0.6 is 11.3 Å². The SMILES string of the molecule is O=C(CCCc1cccs1)NCC1(c2ccc(F)cc2)CCOCC1. The van der Waals surface area contributed by atoms with Gasteiger partial charge in [-0.25, -0.2) is 4.39 Å². The summed E-state index contributed by atoms with van der Waals surface area (Å²) in [5.41, 5.74) is 0.922. The first-order valence-corrected chi connectivity index (χ1v) is 9.69. The van der Waals surface area contributed by atoms with Crippen LogP contribution in [0.1, 0.15) is 36.1 Å². The summed E-state index contributed by atoms with van der Waals surface area (Å²) in [5.74, 6) is -0.145. The minimum absolute atomic E-state index is 0.0875. The number of thiophene rings is 1. The van der Waals surface area contributed by atoms with E-state index in [4.69, 9.17) is 4.74 Å². The molecule has 0 aliphatic carbocycles. The number of nitrogens with one attached hydrogen (secondary N) is 1. The number of ether oxygens (including phenoxy) is 1. The van der Waals surface area contributed by atoms with Gasteiger partial charge in [0.25, 0.3) is 0 Å². The maximum atomic E-state index is 13.3. The lowest BCUT2D eigenvalue weighted by molar-refractivity contribution is -0.121. The average molecular weight is 361 g/mol. The van der Waals surface area contributed by atoms with Crippen LogP contribution in [0.5, 0.6) is 0 Å². The van der Waals surface area contributed by atoms with Gasteiger partial charge in [0.2, 0.25) is 5.91 Å². The largest absolute Gasteiger partial charge is 0.381 e. The fourth-order valence-corrected chi connectivity index (χ4v) is 4.12. The molecule has 1 saturated heterocycles.